The zero-order chi connectivity index (χ0) is 18.1. The molecule has 1 amide bonds. The van der Waals surface area contributed by atoms with Crippen LogP contribution in [0.4, 0.5) is 5.69 Å². The molecule has 0 bridgehead atoms. The van der Waals surface area contributed by atoms with Crippen molar-refractivity contribution in [3.8, 4) is 17.1 Å². The summed E-state index contributed by atoms with van der Waals surface area (Å²) in [4.78, 5) is 18.9. The molecular formula is C21H22N4O. The number of anilines is 1. The molecule has 1 N–H and O–H groups in total. The van der Waals surface area contributed by atoms with Crippen molar-refractivity contribution in [1.82, 2.24) is 14.9 Å². The quantitative estimate of drug-likeness (QED) is 0.789. The standard InChI is InChI=1S/C21H22N4O/c1-3-24(2)17-7-5-16(6-8-17)20-22-12-13-25(20)18-9-4-15-10-11-23-21(26)19(15)14-18/h4-9,12-14H,3,10-11H2,1-2H3,(H,23,26). The highest BCUT2D eigenvalue weighted by molar-refractivity contribution is 5.97. The van der Waals surface area contributed by atoms with Crippen molar-refractivity contribution in [2.75, 3.05) is 25.0 Å². The van der Waals surface area contributed by atoms with Gasteiger partial charge >= 0.3 is 0 Å². The first-order chi connectivity index (χ1) is 12.7. The highest BCUT2D eigenvalue weighted by Crippen LogP contribution is 2.26. The van der Waals surface area contributed by atoms with Crippen LogP contribution in [-0.2, 0) is 6.42 Å². The van der Waals surface area contributed by atoms with Gasteiger partial charge in [-0.2, -0.15) is 0 Å². The molecule has 1 aliphatic heterocycles. The molecule has 26 heavy (non-hydrogen) atoms. The summed E-state index contributed by atoms with van der Waals surface area (Å²) in [6.07, 6.45) is 4.61. The molecule has 0 aliphatic carbocycles. The molecule has 0 atom stereocenters. The van der Waals surface area contributed by atoms with Gasteiger partial charge in [0.25, 0.3) is 5.91 Å². The number of rotatable bonds is 4. The molecule has 0 unspecified atom stereocenters. The predicted molar refractivity (Wildman–Crippen MR) is 104 cm³/mol. The maximum Gasteiger partial charge on any atom is 0.251 e. The second-order valence-electron chi connectivity index (χ2n) is 6.53. The molecule has 5 heteroatoms. The molecule has 0 saturated heterocycles. The second-order valence-corrected chi connectivity index (χ2v) is 6.53. The molecule has 3 aromatic rings. The van der Waals surface area contributed by atoms with Crippen molar-refractivity contribution in [2.24, 2.45) is 0 Å². The molecule has 0 spiro atoms. The Balaban J connectivity index is 1.71. The molecule has 0 radical (unpaired) electrons. The van der Waals surface area contributed by atoms with Crippen LogP contribution in [0.2, 0.25) is 0 Å². The number of hydrogen-bond acceptors (Lipinski definition) is 3. The van der Waals surface area contributed by atoms with Gasteiger partial charge in [-0.05, 0) is 55.3 Å². The van der Waals surface area contributed by atoms with Gasteiger partial charge in [-0.1, -0.05) is 6.07 Å². The summed E-state index contributed by atoms with van der Waals surface area (Å²) in [5, 5.41) is 2.91. The third-order valence-electron chi connectivity index (χ3n) is 4.98. The molecule has 5 nitrogen and oxygen atoms in total. The van der Waals surface area contributed by atoms with Crippen molar-refractivity contribution in [2.45, 2.75) is 13.3 Å². The Morgan fingerprint density at radius 1 is 1.19 bits per heavy atom. The Labute approximate surface area is 153 Å². The number of hydrogen-bond donors (Lipinski definition) is 1. The monoisotopic (exact) mass is 346 g/mol. The number of nitrogens with zero attached hydrogens (tertiary/aromatic N) is 3. The fourth-order valence-electron chi connectivity index (χ4n) is 3.32. The Bertz CT molecular complexity index is 943. The van der Waals surface area contributed by atoms with E-state index in [1.54, 1.807) is 6.20 Å². The van der Waals surface area contributed by atoms with Crippen LogP contribution < -0.4 is 10.2 Å². The van der Waals surface area contributed by atoms with Crippen molar-refractivity contribution in [3.63, 3.8) is 0 Å². The lowest BCUT2D eigenvalue weighted by Crippen LogP contribution is -2.31. The van der Waals surface area contributed by atoms with Crippen molar-refractivity contribution in [3.05, 3.63) is 66.0 Å². The van der Waals surface area contributed by atoms with Gasteiger partial charge in [0.1, 0.15) is 5.82 Å². The van der Waals surface area contributed by atoms with E-state index in [9.17, 15) is 4.79 Å². The molecule has 4 rings (SSSR count). The maximum absolute atomic E-state index is 12.2. The number of fused-ring (bicyclic) bond motifs is 1. The molecule has 2 heterocycles. The Morgan fingerprint density at radius 2 is 2.00 bits per heavy atom. The average molecular weight is 346 g/mol. The molecule has 2 aromatic carbocycles. The van der Waals surface area contributed by atoms with E-state index in [-0.39, 0.29) is 5.91 Å². The topological polar surface area (TPSA) is 50.2 Å². The summed E-state index contributed by atoms with van der Waals surface area (Å²) < 4.78 is 2.03. The number of imidazole rings is 1. The van der Waals surface area contributed by atoms with Crippen LogP contribution in [0.15, 0.2) is 54.9 Å². The normalized spacial score (nSPS) is 13.2. The minimum absolute atomic E-state index is 0.00159. The van der Waals surface area contributed by atoms with E-state index in [0.29, 0.717) is 6.54 Å². The summed E-state index contributed by atoms with van der Waals surface area (Å²) in [5.41, 5.74) is 5.03. The van der Waals surface area contributed by atoms with E-state index < -0.39 is 0 Å². The number of carbonyl (C=O) groups is 1. The largest absolute Gasteiger partial charge is 0.375 e. The van der Waals surface area contributed by atoms with Gasteiger partial charge in [-0.25, -0.2) is 4.98 Å². The van der Waals surface area contributed by atoms with Crippen molar-refractivity contribution in [1.29, 1.82) is 0 Å². The van der Waals surface area contributed by atoms with Crippen molar-refractivity contribution >= 4 is 11.6 Å². The van der Waals surface area contributed by atoms with Crippen LogP contribution in [-0.4, -0.2) is 35.6 Å². The van der Waals surface area contributed by atoms with Gasteiger partial charge in [0.15, 0.2) is 0 Å². The van der Waals surface area contributed by atoms with Gasteiger partial charge in [-0.15, -0.1) is 0 Å². The molecular weight excluding hydrogens is 324 g/mol. The average Bonchev–Trinajstić information content (AvgIpc) is 3.17. The number of amides is 1. The molecule has 132 valence electrons. The summed E-state index contributed by atoms with van der Waals surface area (Å²) >= 11 is 0. The Kier molecular flexibility index (Phi) is 4.21. The number of carbonyl (C=O) groups excluding carboxylic acids is 1. The fourth-order valence-corrected chi connectivity index (χ4v) is 3.32. The lowest BCUT2D eigenvalue weighted by molar-refractivity contribution is 0.0946. The highest BCUT2D eigenvalue weighted by atomic mass is 16.1. The maximum atomic E-state index is 12.2. The summed E-state index contributed by atoms with van der Waals surface area (Å²) in [5.74, 6) is 0.869. The summed E-state index contributed by atoms with van der Waals surface area (Å²) in [6, 6.07) is 14.5. The van der Waals surface area contributed by atoms with E-state index in [4.69, 9.17) is 0 Å². The number of benzene rings is 2. The van der Waals surface area contributed by atoms with E-state index >= 15 is 0 Å². The number of aromatic nitrogens is 2. The highest BCUT2D eigenvalue weighted by Gasteiger charge is 2.18. The summed E-state index contributed by atoms with van der Waals surface area (Å²) in [7, 11) is 2.08. The first-order valence-corrected chi connectivity index (χ1v) is 8.94. The smallest absolute Gasteiger partial charge is 0.251 e. The van der Waals surface area contributed by atoms with Crippen LogP contribution in [0.5, 0.6) is 0 Å². The first kappa shape index (κ1) is 16.4. The Morgan fingerprint density at radius 3 is 2.77 bits per heavy atom. The minimum atomic E-state index is 0.00159. The van der Waals surface area contributed by atoms with Gasteiger partial charge in [-0.3, -0.25) is 9.36 Å². The second kappa shape index (κ2) is 6.67. The predicted octanol–water partition coefficient (Wildman–Crippen LogP) is 3.28. The third-order valence-corrected chi connectivity index (χ3v) is 4.98. The van der Waals surface area contributed by atoms with Crippen LogP contribution in [0.3, 0.4) is 0 Å². The van der Waals surface area contributed by atoms with Gasteiger partial charge < -0.3 is 10.2 Å². The third kappa shape index (κ3) is 2.86. The molecule has 0 saturated carbocycles. The molecule has 1 aliphatic rings. The van der Waals surface area contributed by atoms with Gasteiger partial charge in [0.05, 0.1) is 0 Å². The van der Waals surface area contributed by atoms with E-state index in [1.165, 1.54) is 5.69 Å². The molecule has 0 fully saturated rings. The van der Waals surface area contributed by atoms with Gasteiger partial charge in [0, 0.05) is 55.0 Å². The van der Waals surface area contributed by atoms with E-state index in [0.717, 1.165) is 41.2 Å². The zero-order valence-corrected chi connectivity index (χ0v) is 15.1. The zero-order valence-electron chi connectivity index (χ0n) is 15.1. The van der Waals surface area contributed by atoms with E-state index in [2.05, 4.69) is 59.5 Å². The van der Waals surface area contributed by atoms with Crippen LogP contribution in [0.1, 0.15) is 22.8 Å². The summed E-state index contributed by atoms with van der Waals surface area (Å²) in [6.45, 7) is 3.80. The fraction of sp³-hybridized carbons (Fsp3) is 0.238. The molecule has 1 aromatic heterocycles. The van der Waals surface area contributed by atoms with Crippen LogP contribution in [0, 0.1) is 0 Å². The van der Waals surface area contributed by atoms with Crippen molar-refractivity contribution < 1.29 is 4.79 Å². The SMILES string of the molecule is CCN(C)c1ccc(-c2nccn2-c2ccc3c(c2)C(=O)NCC3)cc1. The van der Waals surface area contributed by atoms with Crippen LogP contribution in [0.25, 0.3) is 17.1 Å². The Hall–Kier alpha value is -3.08. The number of nitrogens with one attached hydrogen (secondary N) is 1. The minimum Gasteiger partial charge on any atom is -0.375 e. The lowest BCUT2D eigenvalue weighted by atomic mass is 9.99. The van der Waals surface area contributed by atoms with Crippen LogP contribution >= 0.6 is 0 Å². The van der Waals surface area contributed by atoms with E-state index in [1.807, 2.05) is 22.9 Å². The van der Waals surface area contributed by atoms with Gasteiger partial charge in [0.2, 0.25) is 0 Å². The lowest BCUT2D eigenvalue weighted by Gasteiger charge is -2.18. The first-order valence-electron chi connectivity index (χ1n) is 8.94.